The van der Waals surface area contributed by atoms with Gasteiger partial charge in [-0.3, -0.25) is 0 Å². The summed E-state index contributed by atoms with van der Waals surface area (Å²) in [5.74, 6) is 1.17. The number of hydrogen-bond donors (Lipinski definition) is 1. The minimum absolute atomic E-state index is 0.122. The van der Waals surface area contributed by atoms with E-state index in [1.807, 2.05) is 24.3 Å². The minimum atomic E-state index is -3.09. The molecule has 0 amide bonds. The third-order valence-electron chi connectivity index (χ3n) is 2.11. The predicted molar refractivity (Wildman–Crippen MR) is 69.1 cm³/mol. The molecule has 0 saturated carbocycles. The molecule has 0 unspecified atom stereocenters. The van der Waals surface area contributed by atoms with E-state index in [1.165, 1.54) is 4.90 Å². The summed E-state index contributed by atoms with van der Waals surface area (Å²) in [6.07, 6.45) is 0. The van der Waals surface area contributed by atoms with Gasteiger partial charge in [-0.25, -0.2) is 13.1 Å². The molecule has 5 heteroatoms. The Morgan fingerprint density at radius 1 is 1.19 bits per heavy atom. The van der Waals surface area contributed by atoms with E-state index in [0.717, 1.165) is 11.3 Å². The summed E-state index contributed by atoms with van der Waals surface area (Å²) in [5.41, 5.74) is 0.984. The van der Waals surface area contributed by atoms with E-state index in [1.54, 1.807) is 18.7 Å². The van der Waals surface area contributed by atoms with Gasteiger partial charge in [0, 0.05) is 11.4 Å². The van der Waals surface area contributed by atoms with Crippen LogP contribution in [0.1, 0.15) is 19.4 Å². The zero-order valence-corrected chi connectivity index (χ0v) is 11.2. The number of rotatable bonds is 6. The number of thioether (sulfide) groups is 1. The summed E-state index contributed by atoms with van der Waals surface area (Å²) in [6.45, 7) is 4.10. The topological polar surface area (TPSA) is 46.2 Å². The van der Waals surface area contributed by atoms with E-state index in [2.05, 4.69) is 11.6 Å². The van der Waals surface area contributed by atoms with E-state index in [4.69, 9.17) is 0 Å². The highest BCUT2D eigenvalue weighted by Crippen LogP contribution is 2.17. The van der Waals surface area contributed by atoms with Gasteiger partial charge < -0.3 is 0 Å². The first kappa shape index (κ1) is 13.5. The highest BCUT2D eigenvalue weighted by molar-refractivity contribution is 7.99. The molecule has 0 atom stereocenters. The second-order valence-electron chi connectivity index (χ2n) is 3.30. The van der Waals surface area contributed by atoms with Crippen molar-refractivity contribution < 1.29 is 8.42 Å². The molecule has 0 spiro atoms. The Labute approximate surface area is 102 Å². The third kappa shape index (κ3) is 4.55. The van der Waals surface area contributed by atoms with Crippen LogP contribution in [0.3, 0.4) is 0 Å². The van der Waals surface area contributed by atoms with Crippen molar-refractivity contribution in [1.82, 2.24) is 4.72 Å². The molecule has 1 N–H and O–H groups in total. The zero-order chi connectivity index (χ0) is 12.0. The quantitative estimate of drug-likeness (QED) is 0.797. The first-order valence-corrected chi connectivity index (χ1v) is 7.90. The van der Waals surface area contributed by atoms with Crippen LogP contribution in [0.5, 0.6) is 0 Å². The Morgan fingerprint density at radius 3 is 2.31 bits per heavy atom. The van der Waals surface area contributed by atoms with Crippen molar-refractivity contribution in [3.8, 4) is 0 Å². The Bertz CT molecular complexity index is 412. The van der Waals surface area contributed by atoms with Gasteiger partial charge in [0.2, 0.25) is 10.0 Å². The van der Waals surface area contributed by atoms with Crippen LogP contribution in [0.2, 0.25) is 0 Å². The fourth-order valence-corrected chi connectivity index (χ4v) is 2.42. The lowest BCUT2D eigenvalue weighted by Crippen LogP contribution is -2.24. The Hall–Kier alpha value is -0.520. The lowest BCUT2D eigenvalue weighted by Gasteiger charge is -2.05. The molecule has 1 aromatic rings. The Kier molecular flexibility index (Phi) is 5.31. The standard InChI is InChI=1S/C11H17NO2S2/c1-3-15-11-7-5-10(6-8-11)9-12-16(13,14)4-2/h5-8,12H,3-4,9H2,1-2H3. The molecule has 0 bridgehead atoms. The average Bonchev–Trinajstić information content (AvgIpc) is 2.29. The van der Waals surface area contributed by atoms with Gasteiger partial charge in [0.1, 0.15) is 0 Å². The molecule has 1 aromatic carbocycles. The average molecular weight is 259 g/mol. The summed E-state index contributed by atoms with van der Waals surface area (Å²) in [7, 11) is -3.09. The summed E-state index contributed by atoms with van der Waals surface area (Å²) < 4.78 is 25.0. The van der Waals surface area contributed by atoms with Gasteiger partial charge in [-0.05, 0) is 30.4 Å². The van der Waals surface area contributed by atoms with Gasteiger partial charge in [0.05, 0.1) is 5.75 Å². The second kappa shape index (κ2) is 6.27. The molecule has 0 fully saturated rings. The number of benzene rings is 1. The van der Waals surface area contributed by atoms with E-state index in [-0.39, 0.29) is 5.75 Å². The van der Waals surface area contributed by atoms with E-state index in [0.29, 0.717) is 6.54 Å². The molecule has 0 heterocycles. The smallest absolute Gasteiger partial charge is 0.211 e. The number of hydrogen-bond acceptors (Lipinski definition) is 3. The molecule has 16 heavy (non-hydrogen) atoms. The predicted octanol–water partition coefficient (Wildman–Crippen LogP) is 2.24. The molecule has 0 aromatic heterocycles. The van der Waals surface area contributed by atoms with Crippen LogP contribution >= 0.6 is 11.8 Å². The summed E-state index contributed by atoms with van der Waals surface area (Å²) in [6, 6.07) is 7.94. The summed E-state index contributed by atoms with van der Waals surface area (Å²) in [4.78, 5) is 1.21. The molecular formula is C11H17NO2S2. The van der Waals surface area contributed by atoms with Crippen LogP contribution in [0, 0.1) is 0 Å². The fourth-order valence-electron chi connectivity index (χ4n) is 1.17. The van der Waals surface area contributed by atoms with Gasteiger partial charge in [-0.2, -0.15) is 0 Å². The number of sulfonamides is 1. The highest BCUT2D eigenvalue weighted by Gasteiger charge is 2.05. The molecule has 0 aliphatic carbocycles. The van der Waals surface area contributed by atoms with Gasteiger partial charge in [0.25, 0.3) is 0 Å². The van der Waals surface area contributed by atoms with Crippen molar-refractivity contribution >= 4 is 21.8 Å². The maximum Gasteiger partial charge on any atom is 0.211 e. The van der Waals surface area contributed by atoms with Crippen LogP contribution in [0.4, 0.5) is 0 Å². The van der Waals surface area contributed by atoms with Crippen LogP contribution in [0.15, 0.2) is 29.2 Å². The molecule has 0 saturated heterocycles. The van der Waals surface area contributed by atoms with Crippen LogP contribution in [-0.2, 0) is 16.6 Å². The van der Waals surface area contributed by atoms with Crippen molar-refractivity contribution in [3.05, 3.63) is 29.8 Å². The Morgan fingerprint density at radius 2 is 1.81 bits per heavy atom. The zero-order valence-electron chi connectivity index (χ0n) is 9.56. The van der Waals surface area contributed by atoms with Crippen LogP contribution < -0.4 is 4.72 Å². The lowest BCUT2D eigenvalue weighted by atomic mass is 10.2. The molecule has 90 valence electrons. The van der Waals surface area contributed by atoms with Crippen molar-refractivity contribution in [2.24, 2.45) is 0 Å². The van der Waals surface area contributed by atoms with Crippen molar-refractivity contribution in [2.45, 2.75) is 25.3 Å². The second-order valence-corrected chi connectivity index (χ2v) is 6.73. The number of nitrogens with one attached hydrogen (secondary N) is 1. The normalized spacial score (nSPS) is 11.6. The van der Waals surface area contributed by atoms with Crippen LogP contribution in [-0.4, -0.2) is 19.9 Å². The largest absolute Gasteiger partial charge is 0.212 e. The van der Waals surface area contributed by atoms with Gasteiger partial charge in [0.15, 0.2) is 0 Å². The van der Waals surface area contributed by atoms with E-state index < -0.39 is 10.0 Å². The minimum Gasteiger partial charge on any atom is -0.212 e. The third-order valence-corrected chi connectivity index (χ3v) is 4.35. The summed E-state index contributed by atoms with van der Waals surface area (Å²) >= 11 is 1.77. The van der Waals surface area contributed by atoms with Crippen LogP contribution in [0.25, 0.3) is 0 Å². The first-order valence-electron chi connectivity index (χ1n) is 5.26. The lowest BCUT2D eigenvalue weighted by molar-refractivity contribution is 0.582. The molecule has 3 nitrogen and oxygen atoms in total. The van der Waals surface area contributed by atoms with Crippen molar-refractivity contribution in [3.63, 3.8) is 0 Å². The van der Waals surface area contributed by atoms with Gasteiger partial charge in [-0.15, -0.1) is 11.8 Å². The SMILES string of the molecule is CCSc1ccc(CNS(=O)(=O)CC)cc1. The first-order chi connectivity index (χ1) is 7.57. The van der Waals surface area contributed by atoms with Crippen molar-refractivity contribution in [2.75, 3.05) is 11.5 Å². The molecule has 0 radical (unpaired) electrons. The maximum atomic E-state index is 11.2. The highest BCUT2D eigenvalue weighted by atomic mass is 32.2. The molecule has 0 aliphatic heterocycles. The molecular weight excluding hydrogens is 242 g/mol. The Balaban J connectivity index is 2.56. The monoisotopic (exact) mass is 259 g/mol. The van der Waals surface area contributed by atoms with E-state index in [9.17, 15) is 8.42 Å². The van der Waals surface area contributed by atoms with Crippen molar-refractivity contribution in [1.29, 1.82) is 0 Å². The van der Waals surface area contributed by atoms with Gasteiger partial charge >= 0.3 is 0 Å². The molecule has 0 aliphatic rings. The summed E-state index contributed by atoms with van der Waals surface area (Å²) in [5, 5.41) is 0. The maximum absolute atomic E-state index is 11.2. The fraction of sp³-hybridized carbons (Fsp3) is 0.455. The van der Waals surface area contributed by atoms with Gasteiger partial charge in [-0.1, -0.05) is 19.1 Å². The molecule has 1 rings (SSSR count). The van der Waals surface area contributed by atoms with E-state index >= 15 is 0 Å².